The van der Waals surface area contributed by atoms with Crippen LogP contribution in [-0.4, -0.2) is 18.1 Å². The summed E-state index contributed by atoms with van der Waals surface area (Å²) in [5.41, 5.74) is -1.01. The molecular formula is C9H4F6O. The molecular weight excluding hydrogens is 238 g/mol. The van der Waals surface area contributed by atoms with Crippen LogP contribution in [0.25, 0.3) is 0 Å². The van der Waals surface area contributed by atoms with E-state index in [9.17, 15) is 31.1 Å². The Bertz CT molecular complexity index is 414. The molecule has 0 fully saturated rings. The topological polar surface area (TPSA) is 17.1 Å². The quantitative estimate of drug-likeness (QED) is 0.588. The molecule has 1 aromatic carbocycles. The van der Waals surface area contributed by atoms with Crippen LogP contribution in [-0.2, 0) is 0 Å². The zero-order valence-electron chi connectivity index (χ0n) is 7.49. The number of Topliss-reactive ketones (excluding diaryl/α,β-unsaturated/α-hetero) is 1. The van der Waals surface area contributed by atoms with E-state index in [-0.39, 0.29) is 6.07 Å². The average Bonchev–Trinajstić information content (AvgIpc) is 2.20. The standard InChI is InChI=1S/C9H4F6O/c10-5-2-1-4(3-6(5)11)7(16)9(14,15)8(12)13/h1-3,8H. The van der Waals surface area contributed by atoms with Gasteiger partial charge in [-0.25, -0.2) is 17.6 Å². The van der Waals surface area contributed by atoms with Crippen LogP contribution in [0.3, 0.4) is 0 Å². The number of hydrogen-bond donors (Lipinski definition) is 0. The number of halogens is 6. The van der Waals surface area contributed by atoms with Crippen molar-refractivity contribution in [3.8, 4) is 0 Å². The van der Waals surface area contributed by atoms with Crippen molar-refractivity contribution >= 4 is 5.78 Å². The van der Waals surface area contributed by atoms with Crippen LogP contribution in [0.1, 0.15) is 10.4 Å². The highest BCUT2D eigenvalue weighted by molar-refractivity contribution is 6.01. The van der Waals surface area contributed by atoms with Crippen LogP contribution < -0.4 is 0 Å². The summed E-state index contributed by atoms with van der Waals surface area (Å²) in [6, 6.07) is 1.06. The van der Waals surface area contributed by atoms with E-state index in [1.54, 1.807) is 0 Å². The Labute approximate surface area is 85.7 Å². The van der Waals surface area contributed by atoms with Crippen LogP contribution >= 0.6 is 0 Å². The van der Waals surface area contributed by atoms with Crippen molar-refractivity contribution in [2.45, 2.75) is 12.3 Å². The summed E-state index contributed by atoms with van der Waals surface area (Å²) in [6.07, 6.45) is -4.20. The Balaban J connectivity index is 3.11. The summed E-state index contributed by atoms with van der Waals surface area (Å²) >= 11 is 0. The van der Waals surface area contributed by atoms with E-state index in [1.165, 1.54) is 0 Å². The molecule has 0 aliphatic rings. The first-order chi connectivity index (χ1) is 7.26. The minimum atomic E-state index is -4.91. The fourth-order valence-corrected chi connectivity index (χ4v) is 0.929. The van der Waals surface area contributed by atoms with E-state index in [0.717, 1.165) is 0 Å². The van der Waals surface area contributed by atoms with Gasteiger partial charge >= 0.3 is 12.3 Å². The van der Waals surface area contributed by atoms with E-state index in [1.807, 2.05) is 0 Å². The molecule has 16 heavy (non-hydrogen) atoms. The van der Waals surface area contributed by atoms with Crippen molar-refractivity contribution in [3.05, 3.63) is 35.4 Å². The number of hydrogen-bond acceptors (Lipinski definition) is 1. The highest BCUT2D eigenvalue weighted by Crippen LogP contribution is 2.27. The molecule has 0 spiro atoms. The maximum absolute atomic E-state index is 12.6. The summed E-state index contributed by atoms with van der Waals surface area (Å²) in [4.78, 5) is 10.9. The number of carbonyl (C=O) groups excluding carboxylic acids is 1. The van der Waals surface area contributed by atoms with Crippen molar-refractivity contribution in [1.29, 1.82) is 0 Å². The molecule has 1 rings (SSSR count). The average molecular weight is 242 g/mol. The molecule has 0 amide bonds. The molecule has 7 heteroatoms. The minimum Gasteiger partial charge on any atom is -0.287 e. The molecule has 0 aromatic heterocycles. The first kappa shape index (κ1) is 12.5. The van der Waals surface area contributed by atoms with Gasteiger partial charge in [-0.05, 0) is 18.2 Å². The second-order valence-electron chi connectivity index (χ2n) is 2.88. The van der Waals surface area contributed by atoms with Crippen molar-refractivity contribution < 1.29 is 31.1 Å². The largest absolute Gasteiger partial charge is 0.368 e. The molecule has 0 saturated heterocycles. The van der Waals surface area contributed by atoms with E-state index in [0.29, 0.717) is 12.1 Å². The lowest BCUT2D eigenvalue weighted by atomic mass is 10.1. The van der Waals surface area contributed by atoms with Crippen LogP contribution in [0.15, 0.2) is 18.2 Å². The second kappa shape index (κ2) is 4.15. The lowest BCUT2D eigenvalue weighted by molar-refractivity contribution is -0.0958. The van der Waals surface area contributed by atoms with Crippen LogP contribution in [0, 0.1) is 11.6 Å². The molecule has 1 aromatic rings. The summed E-state index contributed by atoms with van der Waals surface area (Å²) in [7, 11) is 0. The molecule has 0 saturated carbocycles. The van der Waals surface area contributed by atoms with Gasteiger partial charge in [0.05, 0.1) is 0 Å². The first-order valence-electron chi connectivity index (χ1n) is 3.92. The van der Waals surface area contributed by atoms with Crippen LogP contribution in [0.5, 0.6) is 0 Å². The Morgan fingerprint density at radius 3 is 2.12 bits per heavy atom. The van der Waals surface area contributed by atoms with Gasteiger partial charge < -0.3 is 0 Å². The SMILES string of the molecule is O=C(c1ccc(F)c(F)c1)C(F)(F)C(F)F. The lowest BCUT2D eigenvalue weighted by Gasteiger charge is -2.13. The molecule has 0 bridgehead atoms. The predicted molar refractivity (Wildman–Crippen MR) is 41.6 cm³/mol. The Kier molecular flexibility index (Phi) is 3.25. The Hall–Kier alpha value is -1.53. The molecule has 0 radical (unpaired) electrons. The van der Waals surface area contributed by atoms with E-state index in [4.69, 9.17) is 0 Å². The Morgan fingerprint density at radius 1 is 1.12 bits per heavy atom. The molecule has 1 nitrogen and oxygen atoms in total. The van der Waals surface area contributed by atoms with Crippen molar-refractivity contribution in [1.82, 2.24) is 0 Å². The highest BCUT2D eigenvalue weighted by Gasteiger charge is 2.49. The summed E-state index contributed by atoms with van der Waals surface area (Å²) in [5.74, 6) is -10.1. The molecule has 0 aliphatic carbocycles. The van der Waals surface area contributed by atoms with Gasteiger partial charge in [0.25, 0.3) is 0 Å². The molecule has 0 N–H and O–H groups in total. The third-order valence-corrected chi connectivity index (χ3v) is 1.76. The highest BCUT2D eigenvalue weighted by atomic mass is 19.3. The van der Waals surface area contributed by atoms with E-state index >= 15 is 0 Å². The first-order valence-corrected chi connectivity index (χ1v) is 3.92. The fourth-order valence-electron chi connectivity index (χ4n) is 0.929. The van der Waals surface area contributed by atoms with Gasteiger partial charge in [-0.2, -0.15) is 8.78 Å². The van der Waals surface area contributed by atoms with E-state index in [2.05, 4.69) is 0 Å². The van der Waals surface area contributed by atoms with Crippen LogP contribution in [0.4, 0.5) is 26.3 Å². The molecule has 0 heterocycles. The fraction of sp³-hybridized carbons (Fsp3) is 0.222. The van der Waals surface area contributed by atoms with Gasteiger partial charge in [0, 0.05) is 5.56 Å². The third-order valence-electron chi connectivity index (χ3n) is 1.76. The number of carbonyl (C=O) groups is 1. The van der Waals surface area contributed by atoms with Crippen molar-refractivity contribution in [2.24, 2.45) is 0 Å². The minimum absolute atomic E-state index is 0.147. The second-order valence-corrected chi connectivity index (χ2v) is 2.88. The normalized spacial score (nSPS) is 11.9. The summed E-state index contributed by atoms with van der Waals surface area (Å²) in [6.45, 7) is 0. The number of ketones is 1. The predicted octanol–water partition coefficient (Wildman–Crippen LogP) is 3.05. The maximum Gasteiger partial charge on any atom is 0.368 e. The summed E-state index contributed by atoms with van der Waals surface area (Å²) in [5, 5.41) is 0. The number of rotatable bonds is 3. The molecule has 88 valence electrons. The molecule has 0 unspecified atom stereocenters. The van der Waals surface area contributed by atoms with Crippen LogP contribution in [0.2, 0.25) is 0 Å². The molecule has 0 atom stereocenters. The monoisotopic (exact) mass is 242 g/mol. The van der Waals surface area contributed by atoms with Gasteiger partial charge in [-0.1, -0.05) is 0 Å². The van der Waals surface area contributed by atoms with Gasteiger partial charge in [-0.15, -0.1) is 0 Å². The van der Waals surface area contributed by atoms with Crippen molar-refractivity contribution in [3.63, 3.8) is 0 Å². The van der Waals surface area contributed by atoms with E-state index < -0.39 is 35.3 Å². The van der Waals surface area contributed by atoms with Gasteiger partial charge in [0.1, 0.15) is 0 Å². The lowest BCUT2D eigenvalue weighted by Crippen LogP contribution is -2.36. The number of benzene rings is 1. The zero-order valence-corrected chi connectivity index (χ0v) is 7.49. The number of alkyl halides is 4. The smallest absolute Gasteiger partial charge is 0.287 e. The summed E-state index contributed by atoms with van der Waals surface area (Å²) < 4.78 is 73.6. The van der Waals surface area contributed by atoms with Crippen molar-refractivity contribution in [2.75, 3.05) is 0 Å². The van der Waals surface area contributed by atoms with Gasteiger partial charge in [0.15, 0.2) is 11.6 Å². The zero-order chi connectivity index (χ0) is 12.5. The Morgan fingerprint density at radius 2 is 1.69 bits per heavy atom. The van der Waals surface area contributed by atoms with Gasteiger partial charge in [0.2, 0.25) is 5.78 Å². The molecule has 0 aliphatic heterocycles. The van der Waals surface area contributed by atoms with Gasteiger partial charge in [-0.3, -0.25) is 4.79 Å². The third kappa shape index (κ3) is 2.17. The maximum atomic E-state index is 12.6.